The molecule has 1 atom stereocenters. The number of hydrogen-bond donors (Lipinski definition) is 0. The molecule has 2 heterocycles. The summed E-state index contributed by atoms with van der Waals surface area (Å²) in [7, 11) is 0. The van der Waals surface area contributed by atoms with E-state index in [1.54, 1.807) is 6.20 Å². The predicted octanol–water partition coefficient (Wildman–Crippen LogP) is 1.73. The number of hydrogen-bond acceptors (Lipinski definition) is 4. The van der Waals surface area contributed by atoms with E-state index in [1.807, 2.05) is 0 Å². The molecule has 0 spiro atoms. The standard InChI is InChI=1S/C9H11BrClN3O/c10-3-7-5-15-2-1-14(7)9-8(11)4-12-6-13-9/h4,6-7H,1-3,5H2. The minimum atomic E-state index is 0.283. The van der Waals surface area contributed by atoms with Gasteiger partial charge in [-0.15, -0.1) is 0 Å². The van der Waals surface area contributed by atoms with Crippen molar-refractivity contribution in [3.05, 3.63) is 17.5 Å². The summed E-state index contributed by atoms with van der Waals surface area (Å²) >= 11 is 9.52. The van der Waals surface area contributed by atoms with Crippen LogP contribution in [-0.4, -0.2) is 41.1 Å². The van der Waals surface area contributed by atoms with Gasteiger partial charge in [0.25, 0.3) is 0 Å². The molecular weight excluding hydrogens is 281 g/mol. The molecule has 1 aromatic rings. The van der Waals surface area contributed by atoms with Gasteiger partial charge >= 0.3 is 0 Å². The molecule has 0 bridgehead atoms. The zero-order valence-corrected chi connectivity index (χ0v) is 10.4. The zero-order valence-electron chi connectivity index (χ0n) is 8.07. The summed E-state index contributed by atoms with van der Waals surface area (Å²) in [6.07, 6.45) is 3.13. The summed E-state index contributed by atoms with van der Waals surface area (Å²) in [5.41, 5.74) is 0. The largest absolute Gasteiger partial charge is 0.377 e. The fourth-order valence-electron chi connectivity index (χ4n) is 1.58. The molecule has 0 saturated carbocycles. The number of halogens is 2. The van der Waals surface area contributed by atoms with Crippen LogP contribution in [0.3, 0.4) is 0 Å². The molecule has 0 radical (unpaired) electrons. The molecule has 0 amide bonds. The molecule has 1 aliphatic heterocycles. The van der Waals surface area contributed by atoms with Crippen LogP contribution in [0.15, 0.2) is 12.5 Å². The van der Waals surface area contributed by atoms with Crippen LogP contribution in [0.5, 0.6) is 0 Å². The molecule has 2 rings (SSSR count). The van der Waals surface area contributed by atoms with Crippen LogP contribution in [0.1, 0.15) is 0 Å². The Morgan fingerprint density at radius 2 is 2.53 bits per heavy atom. The molecule has 1 fully saturated rings. The van der Waals surface area contributed by atoms with E-state index in [4.69, 9.17) is 16.3 Å². The fraction of sp³-hybridized carbons (Fsp3) is 0.556. The molecule has 1 aromatic heterocycles. The molecule has 6 heteroatoms. The first kappa shape index (κ1) is 11.1. The summed E-state index contributed by atoms with van der Waals surface area (Å²) in [5, 5.41) is 1.43. The van der Waals surface area contributed by atoms with E-state index in [1.165, 1.54) is 6.33 Å². The molecule has 1 aliphatic rings. The van der Waals surface area contributed by atoms with Crippen LogP contribution in [0.2, 0.25) is 5.02 Å². The van der Waals surface area contributed by atoms with Gasteiger partial charge in [0.15, 0.2) is 5.82 Å². The maximum Gasteiger partial charge on any atom is 0.151 e. The van der Waals surface area contributed by atoms with Crippen molar-refractivity contribution in [2.45, 2.75) is 6.04 Å². The van der Waals surface area contributed by atoms with Gasteiger partial charge in [0.2, 0.25) is 0 Å². The summed E-state index contributed by atoms with van der Waals surface area (Å²) in [6, 6.07) is 0.283. The van der Waals surface area contributed by atoms with Crippen LogP contribution in [0, 0.1) is 0 Å². The van der Waals surface area contributed by atoms with Crippen molar-refractivity contribution in [3.63, 3.8) is 0 Å². The van der Waals surface area contributed by atoms with Crippen molar-refractivity contribution in [2.75, 3.05) is 30.0 Å². The van der Waals surface area contributed by atoms with Gasteiger partial charge in [0.1, 0.15) is 11.3 Å². The maximum absolute atomic E-state index is 6.06. The zero-order chi connectivity index (χ0) is 10.7. The second kappa shape index (κ2) is 5.09. The number of nitrogens with zero attached hydrogens (tertiary/aromatic N) is 3. The van der Waals surface area contributed by atoms with E-state index < -0.39 is 0 Å². The van der Waals surface area contributed by atoms with Crippen LogP contribution in [0.25, 0.3) is 0 Å². The lowest BCUT2D eigenvalue weighted by atomic mass is 10.2. The Hall–Kier alpha value is -0.390. The summed E-state index contributed by atoms with van der Waals surface area (Å²) < 4.78 is 5.41. The van der Waals surface area contributed by atoms with Gasteiger partial charge in [-0.3, -0.25) is 0 Å². The number of ether oxygens (including phenoxy) is 1. The lowest BCUT2D eigenvalue weighted by molar-refractivity contribution is 0.1000. The summed E-state index contributed by atoms with van der Waals surface area (Å²) in [4.78, 5) is 10.2. The van der Waals surface area contributed by atoms with Crippen molar-refractivity contribution in [2.24, 2.45) is 0 Å². The number of aromatic nitrogens is 2. The van der Waals surface area contributed by atoms with Crippen molar-refractivity contribution in [3.8, 4) is 0 Å². The smallest absolute Gasteiger partial charge is 0.151 e. The first-order valence-corrected chi connectivity index (χ1v) is 6.18. The third-order valence-corrected chi connectivity index (χ3v) is 3.34. The molecule has 4 nitrogen and oxygen atoms in total. The third kappa shape index (κ3) is 2.41. The summed E-state index contributed by atoms with van der Waals surface area (Å²) in [6.45, 7) is 2.22. The topological polar surface area (TPSA) is 38.2 Å². The lowest BCUT2D eigenvalue weighted by Gasteiger charge is -2.35. The van der Waals surface area contributed by atoms with Crippen LogP contribution >= 0.6 is 27.5 Å². The minimum Gasteiger partial charge on any atom is -0.377 e. The highest BCUT2D eigenvalue weighted by Gasteiger charge is 2.24. The van der Waals surface area contributed by atoms with Crippen LogP contribution < -0.4 is 4.90 Å². The second-order valence-electron chi connectivity index (χ2n) is 3.27. The highest BCUT2D eigenvalue weighted by Crippen LogP contribution is 2.25. The Kier molecular flexibility index (Phi) is 3.77. The molecule has 0 N–H and O–H groups in total. The number of morpholine rings is 1. The van der Waals surface area contributed by atoms with Gasteiger partial charge in [0.05, 0.1) is 25.5 Å². The van der Waals surface area contributed by atoms with Gasteiger partial charge in [-0.2, -0.15) is 0 Å². The Bertz CT molecular complexity index is 339. The summed E-state index contributed by atoms with van der Waals surface area (Å²) in [5.74, 6) is 0.791. The van der Waals surface area contributed by atoms with Gasteiger partial charge in [-0.05, 0) is 0 Å². The van der Waals surface area contributed by atoms with E-state index in [9.17, 15) is 0 Å². The lowest BCUT2D eigenvalue weighted by Crippen LogP contribution is -2.47. The van der Waals surface area contributed by atoms with E-state index in [0.717, 1.165) is 17.7 Å². The van der Waals surface area contributed by atoms with Crippen molar-refractivity contribution >= 4 is 33.3 Å². The molecule has 1 unspecified atom stereocenters. The van der Waals surface area contributed by atoms with Gasteiger partial charge < -0.3 is 9.64 Å². The van der Waals surface area contributed by atoms with Crippen molar-refractivity contribution < 1.29 is 4.74 Å². The normalized spacial score (nSPS) is 21.7. The maximum atomic E-state index is 6.06. The van der Waals surface area contributed by atoms with Crippen LogP contribution in [-0.2, 0) is 4.74 Å². The highest BCUT2D eigenvalue weighted by atomic mass is 79.9. The number of alkyl halides is 1. The first-order chi connectivity index (χ1) is 7.33. The van der Waals surface area contributed by atoms with Gasteiger partial charge in [-0.25, -0.2) is 9.97 Å². The van der Waals surface area contributed by atoms with E-state index >= 15 is 0 Å². The SMILES string of the molecule is Clc1cncnc1N1CCOCC1CBr. The quantitative estimate of drug-likeness (QED) is 0.778. The molecule has 82 valence electrons. The molecule has 0 aliphatic carbocycles. The average molecular weight is 293 g/mol. The Labute approximate surface area is 102 Å². The third-order valence-electron chi connectivity index (χ3n) is 2.33. The van der Waals surface area contributed by atoms with Crippen molar-refractivity contribution in [1.29, 1.82) is 0 Å². The number of anilines is 1. The Morgan fingerprint density at radius 3 is 3.27 bits per heavy atom. The molecular formula is C9H11BrClN3O. The Morgan fingerprint density at radius 1 is 1.67 bits per heavy atom. The van der Waals surface area contributed by atoms with Gasteiger partial charge in [-0.1, -0.05) is 27.5 Å². The molecule has 15 heavy (non-hydrogen) atoms. The van der Waals surface area contributed by atoms with E-state index in [2.05, 4.69) is 30.8 Å². The van der Waals surface area contributed by atoms with E-state index in [0.29, 0.717) is 18.2 Å². The molecule has 0 aromatic carbocycles. The minimum absolute atomic E-state index is 0.283. The first-order valence-electron chi connectivity index (χ1n) is 4.69. The number of rotatable bonds is 2. The second-order valence-corrected chi connectivity index (χ2v) is 4.33. The predicted molar refractivity (Wildman–Crippen MR) is 62.8 cm³/mol. The van der Waals surface area contributed by atoms with Crippen molar-refractivity contribution in [1.82, 2.24) is 9.97 Å². The average Bonchev–Trinajstić information content (AvgIpc) is 2.30. The monoisotopic (exact) mass is 291 g/mol. The van der Waals surface area contributed by atoms with Gasteiger partial charge in [0, 0.05) is 11.9 Å². The van der Waals surface area contributed by atoms with E-state index in [-0.39, 0.29) is 6.04 Å². The Balaban J connectivity index is 2.24. The highest BCUT2D eigenvalue weighted by molar-refractivity contribution is 9.09. The molecule has 1 saturated heterocycles. The fourth-order valence-corrected chi connectivity index (χ4v) is 2.33. The van der Waals surface area contributed by atoms with Crippen LogP contribution in [0.4, 0.5) is 5.82 Å².